The zero-order valence-corrected chi connectivity index (χ0v) is 20.7. The molecule has 2 aliphatic heterocycles. The van der Waals surface area contributed by atoms with E-state index < -0.39 is 0 Å². The van der Waals surface area contributed by atoms with Crippen LogP contribution in [0.2, 0.25) is 0 Å². The first-order valence-corrected chi connectivity index (χ1v) is 12.1. The van der Waals surface area contributed by atoms with E-state index >= 15 is 0 Å². The van der Waals surface area contributed by atoms with Crippen LogP contribution in [-0.2, 0) is 19.6 Å². The Morgan fingerprint density at radius 1 is 1.17 bits per heavy atom. The number of likely N-dealkylation sites (tertiary alicyclic amines) is 2. The molecule has 0 aliphatic carbocycles. The highest BCUT2D eigenvalue weighted by Crippen LogP contribution is 2.32. The second kappa shape index (κ2) is 9.03. The number of aryl methyl sites for hydroxylation is 1. The van der Waals surface area contributed by atoms with Gasteiger partial charge in [0.1, 0.15) is 16.8 Å². The predicted octanol–water partition coefficient (Wildman–Crippen LogP) is 1.66. The first-order chi connectivity index (χ1) is 17.5. The van der Waals surface area contributed by atoms with E-state index in [4.69, 9.17) is 15.0 Å². The first-order valence-electron chi connectivity index (χ1n) is 12.1. The lowest BCUT2D eigenvalue weighted by Gasteiger charge is -2.32. The van der Waals surface area contributed by atoms with Crippen LogP contribution in [0.1, 0.15) is 29.3 Å². The van der Waals surface area contributed by atoms with Gasteiger partial charge in [-0.1, -0.05) is 17.3 Å². The Morgan fingerprint density at radius 2 is 2.06 bits per heavy atom. The Bertz CT molecular complexity index is 1400. The summed E-state index contributed by atoms with van der Waals surface area (Å²) in [5.41, 5.74) is 9.61. The molecule has 2 atom stereocenters. The zero-order valence-electron chi connectivity index (χ0n) is 20.7. The minimum absolute atomic E-state index is 0.164. The monoisotopic (exact) mass is 490 g/mol. The molecule has 3 aromatic heterocycles. The second-order valence-corrected chi connectivity index (χ2v) is 9.61. The third kappa shape index (κ3) is 4.22. The van der Waals surface area contributed by atoms with Crippen molar-refractivity contribution in [1.82, 2.24) is 39.7 Å². The first kappa shape index (κ1) is 22.7. The van der Waals surface area contributed by atoms with Gasteiger partial charge in [0.2, 0.25) is 11.8 Å². The average molecular weight is 491 g/mol. The molecule has 0 amide bonds. The lowest BCUT2D eigenvalue weighted by atomic mass is 10.1. The minimum atomic E-state index is 0.164. The maximum atomic E-state index is 5.94. The normalized spacial score (nSPS) is 20.0. The lowest BCUT2D eigenvalue weighted by molar-refractivity contribution is 0.143. The largest absolute Gasteiger partial charge is 0.496 e. The topological polar surface area (TPSA) is 136 Å². The molecular weight excluding hydrogens is 460 g/mol. The molecule has 12 heteroatoms. The van der Waals surface area contributed by atoms with Crippen molar-refractivity contribution in [2.75, 3.05) is 38.3 Å². The van der Waals surface area contributed by atoms with E-state index in [1.165, 1.54) is 12.0 Å². The van der Waals surface area contributed by atoms with Crippen LogP contribution in [0, 0.1) is 6.92 Å². The molecular formula is C24H30N10O2. The number of benzene rings is 1. The second-order valence-electron chi connectivity index (χ2n) is 9.61. The average Bonchev–Trinajstić information content (AvgIpc) is 3.63. The van der Waals surface area contributed by atoms with Crippen molar-refractivity contribution < 1.29 is 9.26 Å². The minimum Gasteiger partial charge on any atom is -0.496 e. The number of nitrogen functional groups attached to an aromatic ring is 1. The number of aromatic nitrogens is 6. The van der Waals surface area contributed by atoms with Crippen LogP contribution in [0.15, 0.2) is 28.9 Å². The number of piperazine rings is 1. The fourth-order valence-electron chi connectivity index (χ4n) is 5.39. The van der Waals surface area contributed by atoms with E-state index in [0.29, 0.717) is 48.2 Å². The summed E-state index contributed by atoms with van der Waals surface area (Å²) in [5, 5.41) is 11.7. The van der Waals surface area contributed by atoms with Crippen LogP contribution >= 0.6 is 0 Å². The van der Waals surface area contributed by atoms with Crippen LogP contribution in [0.4, 0.5) is 11.8 Å². The molecule has 3 N–H and O–H groups in total. The van der Waals surface area contributed by atoms with Gasteiger partial charge in [-0.3, -0.25) is 9.58 Å². The van der Waals surface area contributed by atoms with Gasteiger partial charge in [0.05, 0.1) is 26.4 Å². The van der Waals surface area contributed by atoms with Crippen molar-refractivity contribution in [2.24, 2.45) is 0 Å². The molecule has 5 heterocycles. The molecule has 36 heavy (non-hydrogen) atoms. The molecule has 2 saturated heterocycles. The van der Waals surface area contributed by atoms with E-state index in [9.17, 15) is 0 Å². The van der Waals surface area contributed by atoms with E-state index in [-0.39, 0.29) is 5.95 Å². The van der Waals surface area contributed by atoms with Gasteiger partial charge < -0.3 is 25.2 Å². The number of anilines is 2. The SMILES string of the molecule is COc1cc(CN2C[C@@H]3C[C@H]2CN3C)ccc1Cn1ncc2nc(N)nc(NCc3noc(C)n3)c21. The number of rotatable bonds is 8. The summed E-state index contributed by atoms with van der Waals surface area (Å²) in [6.45, 7) is 5.80. The summed E-state index contributed by atoms with van der Waals surface area (Å²) in [5.74, 6) is 2.59. The molecule has 12 nitrogen and oxygen atoms in total. The molecule has 1 aromatic carbocycles. The summed E-state index contributed by atoms with van der Waals surface area (Å²) in [6, 6.07) is 7.78. The fraction of sp³-hybridized carbons (Fsp3) is 0.458. The predicted molar refractivity (Wildman–Crippen MR) is 133 cm³/mol. The lowest BCUT2D eigenvalue weighted by Crippen LogP contribution is -2.43. The third-order valence-electron chi connectivity index (χ3n) is 7.17. The van der Waals surface area contributed by atoms with Gasteiger partial charge >= 0.3 is 0 Å². The van der Waals surface area contributed by atoms with E-state index in [1.54, 1.807) is 20.2 Å². The molecule has 4 aromatic rings. The Balaban J connectivity index is 1.23. The molecule has 188 valence electrons. The Morgan fingerprint density at radius 3 is 2.78 bits per heavy atom. The molecule has 2 fully saturated rings. The van der Waals surface area contributed by atoms with Crippen molar-refractivity contribution >= 4 is 22.8 Å². The highest BCUT2D eigenvalue weighted by atomic mass is 16.5. The molecule has 2 bridgehead atoms. The number of hydrogen-bond acceptors (Lipinski definition) is 11. The molecule has 6 rings (SSSR count). The highest BCUT2D eigenvalue weighted by molar-refractivity contribution is 5.86. The summed E-state index contributed by atoms with van der Waals surface area (Å²) in [6.07, 6.45) is 2.96. The van der Waals surface area contributed by atoms with Crippen LogP contribution in [-0.4, -0.2) is 79.0 Å². The smallest absolute Gasteiger partial charge is 0.223 e. The molecule has 2 aliphatic rings. The summed E-state index contributed by atoms with van der Waals surface area (Å²) in [7, 11) is 3.94. The molecule has 0 spiro atoms. The van der Waals surface area contributed by atoms with Crippen molar-refractivity contribution in [3.05, 3.63) is 47.2 Å². The fourth-order valence-corrected chi connectivity index (χ4v) is 5.39. The van der Waals surface area contributed by atoms with Gasteiger partial charge in [0.25, 0.3) is 0 Å². The molecule has 0 radical (unpaired) electrons. The van der Waals surface area contributed by atoms with Crippen molar-refractivity contribution in [3.8, 4) is 5.75 Å². The van der Waals surface area contributed by atoms with Gasteiger partial charge in [0.15, 0.2) is 11.6 Å². The molecule has 0 unspecified atom stereocenters. The van der Waals surface area contributed by atoms with Gasteiger partial charge in [0, 0.05) is 44.2 Å². The van der Waals surface area contributed by atoms with Gasteiger partial charge in [-0.2, -0.15) is 15.1 Å². The number of likely N-dealkylation sites (N-methyl/N-ethyl adjacent to an activating group) is 1. The maximum Gasteiger partial charge on any atom is 0.223 e. The van der Waals surface area contributed by atoms with Gasteiger partial charge in [-0.05, 0) is 25.1 Å². The van der Waals surface area contributed by atoms with E-state index in [1.807, 2.05) is 4.68 Å². The van der Waals surface area contributed by atoms with Crippen LogP contribution in [0.25, 0.3) is 11.0 Å². The zero-order chi connectivity index (χ0) is 24.8. The van der Waals surface area contributed by atoms with Crippen LogP contribution in [0.5, 0.6) is 5.75 Å². The Labute approximate surface area is 208 Å². The highest BCUT2D eigenvalue weighted by Gasteiger charge is 2.41. The van der Waals surface area contributed by atoms with E-state index in [2.05, 4.69) is 65.6 Å². The van der Waals surface area contributed by atoms with Crippen molar-refractivity contribution in [1.29, 1.82) is 0 Å². The summed E-state index contributed by atoms with van der Waals surface area (Å²) in [4.78, 5) is 18.0. The summed E-state index contributed by atoms with van der Waals surface area (Å²) < 4.78 is 12.7. The quantitative estimate of drug-likeness (QED) is 0.373. The number of fused-ring (bicyclic) bond motifs is 3. The van der Waals surface area contributed by atoms with E-state index in [0.717, 1.165) is 36.5 Å². The summed E-state index contributed by atoms with van der Waals surface area (Å²) >= 11 is 0. The number of nitrogens with zero attached hydrogens (tertiary/aromatic N) is 8. The standard InChI is InChI=1S/C24H30N10O2/c1-14-28-21(31-36-14)9-26-23-22-19(29-24(25)30-23)8-27-34(22)11-16-5-4-15(6-20(16)35-3)10-33-13-17-7-18(33)12-32(17)2/h4-6,8,17-18H,7,9-13H2,1-3H3,(H3,25,26,29,30)/t17-,18-/m0/s1. The number of methoxy groups -OCH3 is 1. The van der Waals surface area contributed by atoms with Crippen molar-refractivity contribution in [3.63, 3.8) is 0 Å². The van der Waals surface area contributed by atoms with Crippen LogP contribution in [0.3, 0.4) is 0 Å². The number of ether oxygens (including phenoxy) is 1. The third-order valence-corrected chi connectivity index (χ3v) is 7.17. The number of nitrogens with one attached hydrogen (secondary N) is 1. The Kier molecular flexibility index (Phi) is 5.69. The maximum absolute atomic E-state index is 5.94. The number of hydrogen-bond donors (Lipinski definition) is 2. The number of nitrogens with two attached hydrogens (primary N) is 1. The molecule has 0 saturated carbocycles. The van der Waals surface area contributed by atoms with Gasteiger partial charge in [-0.25, -0.2) is 4.98 Å². The Hall–Kier alpha value is -3.77. The van der Waals surface area contributed by atoms with Crippen molar-refractivity contribution in [2.45, 2.75) is 45.1 Å². The van der Waals surface area contributed by atoms with Crippen LogP contribution < -0.4 is 15.8 Å². The van der Waals surface area contributed by atoms with Gasteiger partial charge in [-0.15, -0.1) is 0 Å².